The number of carbonyl (C=O) groups is 2. The van der Waals surface area contributed by atoms with Crippen LogP contribution >= 0.6 is 23.4 Å². The van der Waals surface area contributed by atoms with Crippen LogP contribution in [0, 0.1) is 0 Å². The highest BCUT2D eigenvalue weighted by molar-refractivity contribution is 8.18. The first-order valence-electron chi connectivity index (χ1n) is 7.82. The van der Waals surface area contributed by atoms with Crippen molar-refractivity contribution in [3.05, 3.63) is 69.6 Å². The molecule has 6 heteroatoms. The Hall–Kier alpha value is -2.24. The summed E-state index contributed by atoms with van der Waals surface area (Å²) in [4.78, 5) is 26.1. The minimum absolute atomic E-state index is 0.0141. The standard InChI is InChI=1S/C19H16ClNO3S/c20-15-8-9-16(22)14(11-15)12-17-18(23)21(19(24)25-17)10-4-7-13-5-2-1-3-6-13/h1-3,5-6,8-9,11-12,22H,4,7,10H2/b17-12+. The molecule has 25 heavy (non-hydrogen) atoms. The second-order valence-corrected chi connectivity index (χ2v) is 7.06. The highest BCUT2D eigenvalue weighted by atomic mass is 35.5. The van der Waals surface area contributed by atoms with Gasteiger partial charge in [-0.25, -0.2) is 0 Å². The van der Waals surface area contributed by atoms with E-state index in [0.717, 1.165) is 18.2 Å². The maximum absolute atomic E-state index is 12.5. The van der Waals surface area contributed by atoms with Crippen LogP contribution in [0.25, 0.3) is 6.08 Å². The van der Waals surface area contributed by atoms with Crippen molar-refractivity contribution in [2.45, 2.75) is 12.8 Å². The molecule has 2 amide bonds. The van der Waals surface area contributed by atoms with Gasteiger partial charge in [0.1, 0.15) is 5.75 Å². The fourth-order valence-electron chi connectivity index (χ4n) is 2.56. The summed E-state index contributed by atoms with van der Waals surface area (Å²) >= 11 is 6.80. The number of aryl methyl sites for hydroxylation is 1. The second-order valence-electron chi connectivity index (χ2n) is 5.63. The third kappa shape index (κ3) is 4.24. The number of hydrogen-bond donors (Lipinski definition) is 1. The zero-order valence-corrected chi connectivity index (χ0v) is 14.9. The van der Waals surface area contributed by atoms with Gasteiger partial charge >= 0.3 is 0 Å². The van der Waals surface area contributed by atoms with Crippen molar-refractivity contribution in [3.63, 3.8) is 0 Å². The molecule has 0 unspecified atom stereocenters. The van der Waals surface area contributed by atoms with Gasteiger partial charge in [-0.15, -0.1) is 0 Å². The molecule has 0 spiro atoms. The lowest BCUT2D eigenvalue weighted by Crippen LogP contribution is -2.29. The van der Waals surface area contributed by atoms with Crippen LogP contribution < -0.4 is 0 Å². The van der Waals surface area contributed by atoms with Crippen LogP contribution in [0.15, 0.2) is 53.4 Å². The second kappa shape index (κ2) is 7.76. The van der Waals surface area contributed by atoms with Gasteiger partial charge in [0.25, 0.3) is 11.1 Å². The molecule has 0 aliphatic carbocycles. The summed E-state index contributed by atoms with van der Waals surface area (Å²) < 4.78 is 0. The van der Waals surface area contributed by atoms with Crippen molar-refractivity contribution >= 4 is 40.6 Å². The van der Waals surface area contributed by atoms with Gasteiger partial charge in [0.15, 0.2) is 0 Å². The van der Waals surface area contributed by atoms with E-state index in [1.165, 1.54) is 22.6 Å². The molecule has 0 bridgehead atoms. The fraction of sp³-hybridized carbons (Fsp3) is 0.158. The number of phenolic OH excluding ortho intramolecular Hbond substituents is 1. The average molecular weight is 374 g/mol. The number of carbonyl (C=O) groups excluding carboxylic acids is 2. The predicted molar refractivity (Wildman–Crippen MR) is 101 cm³/mol. The highest BCUT2D eigenvalue weighted by Gasteiger charge is 2.34. The summed E-state index contributed by atoms with van der Waals surface area (Å²) in [6, 6.07) is 14.5. The van der Waals surface area contributed by atoms with Gasteiger partial charge in [0.05, 0.1) is 4.91 Å². The van der Waals surface area contributed by atoms with Gasteiger partial charge in [0.2, 0.25) is 0 Å². The molecule has 3 rings (SSSR count). The number of hydrogen-bond acceptors (Lipinski definition) is 4. The Bertz CT molecular complexity index is 836. The van der Waals surface area contributed by atoms with Gasteiger partial charge in [-0.3, -0.25) is 14.5 Å². The summed E-state index contributed by atoms with van der Waals surface area (Å²) in [5.74, 6) is -0.317. The van der Waals surface area contributed by atoms with Crippen LogP contribution in [0.3, 0.4) is 0 Å². The van der Waals surface area contributed by atoms with Crippen LogP contribution in [-0.4, -0.2) is 27.7 Å². The van der Waals surface area contributed by atoms with Crippen LogP contribution in [0.5, 0.6) is 5.75 Å². The van der Waals surface area contributed by atoms with E-state index in [0.29, 0.717) is 28.5 Å². The number of imide groups is 1. The largest absolute Gasteiger partial charge is 0.507 e. The molecular weight excluding hydrogens is 358 g/mol. The molecule has 1 N–H and O–H groups in total. The maximum Gasteiger partial charge on any atom is 0.293 e. The van der Waals surface area contributed by atoms with Gasteiger partial charge in [0, 0.05) is 17.1 Å². The highest BCUT2D eigenvalue weighted by Crippen LogP contribution is 2.34. The lowest BCUT2D eigenvalue weighted by molar-refractivity contribution is -0.122. The number of benzene rings is 2. The van der Waals surface area contributed by atoms with E-state index in [9.17, 15) is 14.7 Å². The number of amides is 2. The smallest absolute Gasteiger partial charge is 0.293 e. The predicted octanol–water partition coefficient (Wildman–Crippen LogP) is 4.71. The molecule has 2 aromatic carbocycles. The van der Waals surface area contributed by atoms with Crippen molar-refractivity contribution in [2.24, 2.45) is 0 Å². The van der Waals surface area contributed by atoms with Crippen molar-refractivity contribution in [3.8, 4) is 5.75 Å². The fourth-order valence-corrected chi connectivity index (χ4v) is 3.60. The Kier molecular flexibility index (Phi) is 5.46. The number of halogens is 1. The van der Waals surface area contributed by atoms with E-state index >= 15 is 0 Å². The van der Waals surface area contributed by atoms with Gasteiger partial charge in [-0.1, -0.05) is 41.9 Å². The number of phenols is 1. The normalized spacial score (nSPS) is 16.0. The van der Waals surface area contributed by atoms with Crippen molar-refractivity contribution < 1.29 is 14.7 Å². The lowest BCUT2D eigenvalue weighted by Gasteiger charge is -2.12. The SMILES string of the molecule is O=C1S/C(=C/c2cc(Cl)ccc2O)C(=O)N1CCCc1ccccc1. The number of nitrogens with zero attached hydrogens (tertiary/aromatic N) is 1. The van der Waals surface area contributed by atoms with Gasteiger partial charge in [-0.2, -0.15) is 0 Å². The molecule has 0 radical (unpaired) electrons. The van der Waals surface area contributed by atoms with Crippen LogP contribution in [0.1, 0.15) is 17.5 Å². The van der Waals surface area contributed by atoms with Gasteiger partial charge in [-0.05, 0) is 54.4 Å². The summed E-state index contributed by atoms with van der Waals surface area (Å²) in [7, 11) is 0. The van der Waals surface area contributed by atoms with E-state index in [2.05, 4.69) is 0 Å². The molecule has 1 aliphatic heterocycles. The Morgan fingerprint density at radius 2 is 1.88 bits per heavy atom. The minimum Gasteiger partial charge on any atom is -0.507 e. The van der Waals surface area contributed by atoms with E-state index in [-0.39, 0.29) is 16.9 Å². The third-order valence-corrected chi connectivity index (χ3v) is 4.98. The van der Waals surface area contributed by atoms with E-state index < -0.39 is 0 Å². The Balaban J connectivity index is 1.67. The van der Waals surface area contributed by atoms with E-state index in [4.69, 9.17) is 11.6 Å². The first-order valence-corrected chi connectivity index (χ1v) is 9.02. The van der Waals surface area contributed by atoms with Crippen molar-refractivity contribution in [1.82, 2.24) is 4.90 Å². The van der Waals surface area contributed by atoms with Crippen LogP contribution in [-0.2, 0) is 11.2 Å². The molecule has 4 nitrogen and oxygen atoms in total. The average Bonchev–Trinajstić information content (AvgIpc) is 2.86. The number of rotatable bonds is 5. The maximum atomic E-state index is 12.5. The Morgan fingerprint density at radius 1 is 1.12 bits per heavy atom. The lowest BCUT2D eigenvalue weighted by atomic mass is 10.1. The van der Waals surface area contributed by atoms with E-state index in [1.807, 2.05) is 30.3 Å². The first kappa shape index (κ1) is 17.6. The summed E-state index contributed by atoms with van der Waals surface area (Å²) in [6.45, 7) is 0.373. The summed E-state index contributed by atoms with van der Waals surface area (Å²) in [6.07, 6.45) is 3.01. The van der Waals surface area contributed by atoms with Gasteiger partial charge < -0.3 is 5.11 Å². The monoisotopic (exact) mass is 373 g/mol. The third-order valence-electron chi connectivity index (χ3n) is 3.84. The molecule has 0 atom stereocenters. The molecule has 2 aromatic rings. The summed E-state index contributed by atoms with van der Waals surface area (Å²) in [5.41, 5.74) is 1.59. The Labute approximate surface area is 155 Å². The van der Waals surface area contributed by atoms with E-state index in [1.54, 1.807) is 12.1 Å². The zero-order valence-electron chi connectivity index (χ0n) is 13.3. The number of aromatic hydroxyl groups is 1. The van der Waals surface area contributed by atoms with Crippen LogP contribution in [0.4, 0.5) is 4.79 Å². The van der Waals surface area contributed by atoms with Crippen LogP contribution in [0.2, 0.25) is 5.02 Å². The first-order chi connectivity index (χ1) is 12.0. The number of thioether (sulfide) groups is 1. The minimum atomic E-state index is -0.331. The zero-order chi connectivity index (χ0) is 17.8. The molecule has 0 saturated carbocycles. The molecule has 1 saturated heterocycles. The molecule has 1 aliphatic rings. The molecular formula is C19H16ClNO3S. The quantitative estimate of drug-likeness (QED) is 0.771. The van der Waals surface area contributed by atoms with Crippen molar-refractivity contribution in [2.75, 3.05) is 6.54 Å². The Morgan fingerprint density at radius 3 is 2.64 bits per heavy atom. The summed E-state index contributed by atoms with van der Waals surface area (Å²) in [5, 5.41) is 10.0. The molecule has 1 fully saturated rings. The molecule has 128 valence electrons. The molecule has 0 aromatic heterocycles. The topological polar surface area (TPSA) is 57.6 Å². The molecule has 1 heterocycles. The van der Waals surface area contributed by atoms with Crippen molar-refractivity contribution in [1.29, 1.82) is 0 Å².